The number of nitrogens with zero attached hydrogens (tertiary/aromatic N) is 1. The van der Waals surface area contributed by atoms with Gasteiger partial charge in [-0.1, -0.05) is 12.2 Å². The zero-order chi connectivity index (χ0) is 15.0. The molecule has 0 N–H and O–H groups in total. The maximum absolute atomic E-state index is 12.3. The Morgan fingerprint density at radius 3 is 2.75 bits per heavy atom. The molecule has 0 spiro atoms. The van der Waals surface area contributed by atoms with Crippen LogP contribution in [0.5, 0.6) is 0 Å². The van der Waals surface area contributed by atoms with Crippen LogP contribution in [0.25, 0.3) is 4.85 Å². The van der Waals surface area contributed by atoms with Crippen molar-refractivity contribution in [3.8, 4) is 0 Å². The van der Waals surface area contributed by atoms with Crippen molar-refractivity contribution in [3.63, 3.8) is 0 Å². The first-order valence-electron chi connectivity index (χ1n) is 6.76. The van der Waals surface area contributed by atoms with E-state index >= 15 is 0 Å². The Hall–Kier alpha value is -1.89. The van der Waals surface area contributed by atoms with Crippen LogP contribution in [-0.2, 0) is 14.3 Å². The molecule has 20 heavy (non-hydrogen) atoms. The fourth-order valence-electron chi connectivity index (χ4n) is 3.19. The van der Waals surface area contributed by atoms with Crippen LogP contribution in [0.4, 0.5) is 0 Å². The summed E-state index contributed by atoms with van der Waals surface area (Å²) >= 11 is 0. The van der Waals surface area contributed by atoms with Gasteiger partial charge < -0.3 is 9.58 Å². The topological polar surface area (TPSA) is 47.7 Å². The molecule has 0 radical (unpaired) electrons. The number of fused-ring (bicyclic) bond motifs is 1. The monoisotopic (exact) mass is 273 g/mol. The van der Waals surface area contributed by atoms with Crippen molar-refractivity contribution in [1.29, 1.82) is 0 Å². The molecule has 0 aromatic rings. The number of rotatable bonds is 2. The van der Waals surface area contributed by atoms with Gasteiger partial charge in [0.15, 0.2) is 0 Å². The van der Waals surface area contributed by atoms with Crippen molar-refractivity contribution in [1.82, 2.24) is 0 Å². The largest absolute Gasteiger partial charge is 0.461 e. The molecule has 0 saturated heterocycles. The molecule has 4 nitrogen and oxygen atoms in total. The Morgan fingerprint density at radius 2 is 2.15 bits per heavy atom. The van der Waals surface area contributed by atoms with Crippen LogP contribution in [0.2, 0.25) is 0 Å². The number of allylic oxidation sites excluding steroid dienone is 1. The normalized spacial score (nSPS) is 32.6. The van der Waals surface area contributed by atoms with Gasteiger partial charge in [-0.25, -0.2) is 6.57 Å². The van der Waals surface area contributed by atoms with Crippen LogP contribution in [0, 0.1) is 12.0 Å². The first-order chi connectivity index (χ1) is 9.32. The van der Waals surface area contributed by atoms with Crippen molar-refractivity contribution >= 4 is 11.8 Å². The third-order valence-corrected chi connectivity index (χ3v) is 4.36. The minimum absolute atomic E-state index is 0.151. The third kappa shape index (κ3) is 2.29. The molecule has 0 bridgehead atoms. The van der Waals surface area contributed by atoms with E-state index in [0.29, 0.717) is 19.3 Å². The summed E-state index contributed by atoms with van der Waals surface area (Å²) in [4.78, 5) is 27.0. The Morgan fingerprint density at radius 1 is 1.45 bits per heavy atom. The van der Waals surface area contributed by atoms with Gasteiger partial charge in [-0.15, -0.1) is 0 Å². The van der Waals surface area contributed by atoms with E-state index in [9.17, 15) is 9.59 Å². The molecule has 2 aliphatic carbocycles. The van der Waals surface area contributed by atoms with Crippen LogP contribution in [0.15, 0.2) is 23.3 Å². The van der Waals surface area contributed by atoms with Gasteiger partial charge in [0.05, 0.1) is 5.41 Å². The number of carbonyl (C=O) groups is 2. The van der Waals surface area contributed by atoms with Crippen molar-refractivity contribution in [2.24, 2.45) is 5.41 Å². The smallest absolute Gasteiger partial charge is 0.302 e. The predicted molar refractivity (Wildman–Crippen MR) is 74.8 cm³/mol. The van der Waals surface area contributed by atoms with Crippen molar-refractivity contribution in [2.45, 2.75) is 45.6 Å². The van der Waals surface area contributed by atoms with E-state index in [-0.39, 0.29) is 18.4 Å². The highest BCUT2D eigenvalue weighted by Gasteiger charge is 2.53. The molecule has 106 valence electrons. The summed E-state index contributed by atoms with van der Waals surface area (Å²) in [7, 11) is 0. The molecule has 2 aliphatic rings. The zero-order valence-electron chi connectivity index (χ0n) is 12.2. The number of hydrogen-bond donors (Lipinski definition) is 0. The lowest BCUT2D eigenvalue weighted by Crippen LogP contribution is -2.34. The van der Waals surface area contributed by atoms with Gasteiger partial charge in [-0.3, -0.25) is 9.59 Å². The van der Waals surface area contributed by atoms with Crippen LogP contribution in [-0.4, -0.2) is 23.9 Å². The number of carbonyl (C=O) groups excluding carboxylic acids is 2. The lowest BCUT2D eigenvalue weighted by atomic mass is 9.71. The van der Waals surface area contributed by atoms with E-state index in [0.717, 1.165) is 11.1 Å². The third-order valence-electron chi connectivity index (χ3n) is 4.36. The van der Waals surface area contributed by atoms with E-state index < -0.39 is 11.0 Å². The van der Waals surface area contributed by atoms with Crippen LogP contribution in [0.3, 0.4) is 0 Å². The fraction of sp³-hybridized carbons (Fsp3) is 0.562. The second-order valence-corrected chi connectivity index (χ2v) is 5.99. The number of hydrogen-bond acceptors (Lipinski definition) is 3. The first-order valence-corrected chi connectivity index (χ1v) is 6.76. The Kier molecular flexibility index (Phi) is 3.56. The summed E-state index contributed by atoms with van der Waals surface area (Å²) in [6.45, 7) is 12.9. The van der Waals surface area contributed by atoms with E-state index in [1.165, 1.54) is 6.92 Å². The minimum atomic E-state index is -0.668. The highest BCUT2D eigenvalue weighted by atomic mass is 16.5. The Bertz CT molecular complexity index is 567. The molecule has 0 aromatic heterocycles. The maximum atomic E-state index is 12.3. The molecule has 0 unspecified atom stereocenters. The number of ether oxygens (including phenoxy) is 1. The van der Waals surface area contributed by atoms with Crippen LogP contribution >= 0.6 is 0 Å². The highest BCUT2D eigenvalue weighted by Crippen LogP contribution is 2.50. The van der Waals surface area contributed by atoms with E-state index in [1.807, 2.05) is 26.0 Å². The predicted octanol–water partition coefficient (Wildman–Crippen LogP) is 2.85. The highest BCUT2D eigenvalue weighted by molar-refractivity contribution is 5.93. The first kappa shape index (κ1) is 14.5. The lowest BCUT2D eigenvalue weighted by molar-refractivity contribution is -0.140. The number of Topliss-reactive ketones (excluding diaryl/α,β-unsaturated/α-hetero) is 1. The average Bonchev–Trinajstić information content (AvgIpc) is 2.62. The molecule has 0 fully saturated rings. The summed E-state index contributed by atoms with van der Waals surface area (Å²) in [6, 6.07) is 0. The quantitative estimate of drug-likeness (QED) is 0.441. The zero-order valence-corrected chi connectivity index (χ0v) is 12.2. The van der Waals surface area contributed by atoms with Crippen molar-refractivity contribution in [2.75, 3.05) is 6.61 Å². The summed E-state index contributed by atoms with van der Waals surface area (Å²) < 4.78 is 5.05. The van der Waals surface area contributed by atoms with Gasteiger partial charge in [0.1, 0.15) is 12.4 Å². The van der Waals surface area contributed by atoms with Gasteiger partial charge in [-0.05, 0) is 18.9 Å². The number of esters is 1. The van der Waals surface area contributed by atoms with E-state index in [4.69, 9.17) is 11.3 Å². The molecule has 0 heterocycles. The van der Waals surface area contributed by atoms with Gasteiger partial charge in [0.25, 0.3) is 5.54 Å². The molecule has 4 heteroatoms. The molecular weight excluding hydrogens is 254 g/mol. The SMILES string of the molecule is [C-]#[N+][C@]1(C)CC=C(COC(C)=O)C[C@]2(C)C(=O)CC=C21. The molecular formula is C16H19NO3. The molecule has 0 aliphatic heterocycles. The molecule has 2 rings (SSSR count). The molecule has 0 saturated carbocycles. The molecule has 2 atom stereocenters. The molecule has 0 amide bonds. The van der Waals surface area contributed by atoms with Crippen LogP contribution < -0.4 is 0 Å². The van der Waals surface area contributed by atoms with Gasteiger partial charge in [0, 0.05) is 32.3 Å². The second-order valence-electron chi connectivity index (χ2n) is 5.99. The van der Waals surface area contributed by atoms with Gasteiger partial charge >= 0.3 is 5.97 Å². The minimum Gasteiger partial charge on any atom is -0.461 e. The van der Waals surface area contributed by atoms with E-state index in [1.54, 1.807) is 0 Å². The summed E-state index contributed by atoms with van der Waals surface area (Å²) in [5, 5.41) is 0. The summed E-state index contributed by atoms with van der Waals surface area (Å²) in [5.74, 6) is -0.181. The maximum Gasteiger partial charge on any atom is 0.302 e. The standard InChI is InChI=1S/C16H19NO3/c1-11(18)20-10-12-7-8-16(3,17-4)13-5-6-14(19)15(13,2)9-12/h5,7H,6,8-10H2,1-3H3/t15-,16+/m0/s1. The molecule has 0 aromatic carbocycles. The Balaban J connectivity index is 2.36. The van der Waals surface area contributed by atoms with Crippen LogP contribution in [0.1, 0.15) is 40.0 Å². The van der Waals surface area contributed by atoms with E-state index in [2.05, 4.69) is 4.85 Å². The lowest BCUT2D eigenvalue weighted by Gasteiger charge is -2.29. The van der Waals surface area contributed by atoms with Crippen molar-refractivity contribution < 1.29 is 14.3 Å². The van der Waals surface area contributed by atoms with Gasteiger partial charge in [0.2, 0.25) is 0 Å². The van der Waals surface area contributed by atoms with Crippen molar-refractivity contribution in [3.05, 3.63) is 34.7 Å². The second kappa shape index (κ2) is 4.90. The Labute approximate surface area is 119 Å². The number of ketones is 1. The fourth-order valence-corrected chi connectivity index (χ4v) is 3.19. The summed E-state index contributed by atoms with van der Waals surface area (Å²) in [5.41, 5.74) is 0.566. The average molecular weight is 273 g/mol. The van der Waals surface area contributed by atoms with Gasteiger partial charge in [-0.2, -0.15) is 0 Å². The summed E-state index contributed by atoms with van der Waals surface area (Å²) in [6.07, 6.45) is 5.37.